The smallest absolute Gasteiger partial charge is 0.353 e. The van der Waals surface area contributed by atoms with Crippen LogP contribution in [0.15, 0.2) is 54.6 Å². The van der Waals surface area contributed by atoms with Gasteiger partial charge in [0.15, 0.2) is 5.91 Å². The molecule has 1 aromatic heterocycles. The number of alkyl halides is 1. The van der Waals surface area contributed by atoms with E-state index in [1.54, 1.807) is 43.3 Å². The molecule has 0 radical (unpaired) electrons. The Morgan fingerprint density at radius 3 is 2.22 bits per heavy atom. The van der Waals surface area contributed by atoms with E-state index in [2.05, 4.69) is 9.82 Å². The van der Waals surface area contributed by atoms with Gasteiger partial charge in [0.2, 0.25) is 43.1 Å². The van der Waals surface area contributed by atoms with Crippen LogP contribution in [0.3, 0.4) is 0 Å². The summed E-state index contributed by atoms with van der Waals surface area (Å²) in [4.78, 5) is 12.2. The molecule has 0 saturated heterocycles. The van der Waals surface area contributed by atoms with Gasteiger partial charge in [-0.25, -0.2) is 22.4 Å². The van der Waals surface area contributed by atoms with Gasteiger partial charge in [-0.15, -0.1) is 11.3 Å². The first-order valence-corrected chi connectivity index (χ1v) is 12.5. The molecule has 0 bridgehead atoms. The molecular formula is C24H16F6NO3PS. The van der Waals surface area contributed by atoms with E-state index in [1.165, 1.54) is 18.2 Å². The Labute approximate surface area is 206 Å². The molecule has 0 aliphatic rings. The molecule has 1 N–H and O–H groups in total. The van der Waals surface area contributed by atoms with E-state index in [0.717, 1.165) is 11.3 Å². The van der Waals surface area contributed by atoms with Crippen molar-refractivity contribution in [3.63, 3.8) is 0 Å². The highest BCUT2D eigenvalue weighted by molar-refractivity contribution is 7.51. The van der Waals surface area contributed by atoms with Crippen molar-refractivity contribution in [1.29, 1.82) is 0 Å². The van der Waals surface area contributed by atoms with E-state index in [1.807, 2.05) is 0 Å². The molecule has 0 fully saturated rings. The van der Waals surface area contributed by atoms with Crippen molar-refractivity contribution >= 4 is 35.7 Å². The lowest BCUT2D eigenvalue weighted by atomic mass is 10.2. The summed E-state index contributed by atoms with van der Waals surface area (Å²) >= 11 is 0.845. The number of fused-ring (bicyclic) bond motifs is 1. The summed E-state index contributed by atoms with van der Waals surface area (Å²) in [5.41, 5.74) is 0.253. The first-order valence-electron chi connectivity index (χ1n) is 10.4. The average Bonchev–Trinajstić information content (AvgIpc) is 3.32. The lowest BCUT2D eigenvalue weighted by Crippen LogP contribution is -2.13. The molecule has 2 atom stereocenters. The van der Waals surface area contributed by atoms with Gasteiger partial charge in [0.05, 0.1) is 0 Å². The maximum atomic E-state index is 15.4. The first kappa shape index (κ1) is 25.9. The van der Waals surface area contributed by atoms with E-state index in [4.69, 9.17) is 4.52 Å². The third-order valence-electron chi connectivity index (χ3n) is 4.85. The molecule has 1 heterocycles. The maximum Gasteiger partial charge on any atom is 0.353 e. The zero-order chi connectivity index (χ0) is 26.0. The molecular weight excluding hydrogens is 527 g/mol. The van der Waals surface area contributed by atoms with Gasteiger partial charge >= 0.3 is 5.97 Å². The molecule has 0 saturated carbocycles. The monoisotopic (exact) mass is 543 g/mol. The van der Waals surface area contributed by atoms with Crippen molar-refractivity contribution in [3.05, 3.63) is 94.1 Å². The summed E-state index contributed by atoms with van der Waals surface area (Å²) in [5.74, 6) is -15.5. The zero-order valence-electron chi connectivity index (χ0n) is 18.3. The third-order valence-corrected chi connectivity index (χ3v) is 7.69. The van der Waals surface area contributed by atoms with Crippen LogP contribution in [0.25, 0.3) is 10.1 Å². The number of nitrogens with one attached hydrogen (secondary N) is 1. The second-order valence-corrected chi connectivity index (χ2v) is 9.96. The summed E-state index contributed by atoms with van der Waals surface area (Å²) in [5, 5.41) is 3.40. The molecule has 0 aliphatic carbocycles. The number of esters is 1. The molecule has 0 spiro atoms. The minimum absolute atomic E-state index is 0.184. The van der Waals surface area contributed by atoms with Crippen molar-refractivity contribution in [1.82, 2.24) is 5.09 Å². The number of halogens is 6. The fourth-order valence-corrected chi connectivity index (χ4v) is 5.50. The summed E-state index contributed by atoms with van der Waals surface area (Å²) in [6.07, 6.45) is 0. The highest BCUT2D eigenvalue weighted by atomic mass is 32.1. The SMILES string of the molecule is CCNP(Oc1ccccc1)C(F)c1ccc2sc(C(=O)Oc3c(F)c(F)c(F)c(F)c3F)cc2c1. The second-order valence-electron chi connectivity index (χ2n) is 7.27. The van der Waals surface area contributed by atoms with Crippen LogP contribution in [0.2, 0.25) is 0 Å². The van der Waals surface area contributed by atoms with Crippen LogP contribution < -0.4 is 14.3 Å². The number of hydrogen-bond acceptors (Lipinski definition) is 5. The Kier molecular flexibility index (Phi) is 7.82. The molecule has 0 aliphatic heterocycles. The number of ether oxygens (including phenoxy) is 1. The summed E-state index contributed by atoms with van der Waals surface area (Å²) < 4.78 is 94.0. The van der Waals surface area contributed by atoms with Gasteiger partial charge in [-0.3, -0.25) is 5.09 Å². The number of para-hydroxylation sites is 1. The van der Waals surface area contributed by atoms with Gasteiger partial charge in [-0.05, 0) is 47.8 Å². The zero-order valence-corrected chi connectivity index (χ0v) is 20.0. The molecule has 36 heavy (non-hydrogen) atoms. The number of benzene rings is 3. The fourth-order valence-electron chi connectivity index (χ4n) is 3.17. The maximum absolute atomic E-state index is 15.4. The van der Waals surface area contributed by atoms with Crippen molar-refractivity contribution in [2.24, 2.45) is 0 Å². The standard InChI is InChI=1S/C24H16F6NO3PS/c1-2-31-35(34-14-6-4-3-5-7-14)23(30)12-8-9-15-13(10-12)11-16(36-15)24(32)33-22-20(28)18(26)17(25)19(27)21(22)29/h3-11,23,31H,2H2,1H3. The second kappa shape index (κ2) is 10.9. The summed E-state index contributed by atoms with van der Waals surface area (Å²) in [6, 6.07) is 14.5. The van der Waals surface area contributed by atoms with Crippen LogP contribution in [-0.2, 0) is 0 Å². The van der Waals surface area contributed by atoms with Gasteiger partial charge in [-0.1, -0.05) is 31.2 Å². The van der Waals surface area contributed by atoms with E-state index >= 15 is 4.39 Å². The molecule has 12 heteroatoms. The van der Waals surface area contributed by atoms with E-state index in [0.29, 0.717) is 22.4 Å². The minimum atomic E-state index is -2.37. The minimum Gasteiger partial charge on any atom is -0.455 e. The number of carbonyl (C=O) groups excluding carboxylic acids is 1. The Morgan fingerprint density at radius 1 is 0.944 bits per heavy atom. The average molecular weight is 543 g/mol. The summed E-state index contributed by atoms with van der Waals surface area (Å²) in [6.45, 7) is 2.26. The largest absolute Gasteiger partial charge is 0.455 e. The number of hydrogen-bond donors (Lipinski definition) is 1. The van der Waals surface area contributed by atoms with Crippen molar-refractivity contribution < 1.29 is 40.4 Å². The highest BCUT2D eigenvalue weighted by Crippen LogP contribution is 2.50. The number of carbonyl (C=O) groups is 1. The van der Waals surface area contributed by atoms with Gasteiger partial charge in [-0.2, -0.15) is 8.78 Å². The first-order chi connectivity index (χ1) is 17.2. The van der Waals surface area contributed by atoms with Crippen LogP contribution in [0.5, 0.6) is 11.5 Å². The normalized spacial score (nSPS) is 13.0. The molecule has 4 rings (SSSR count). The Balaban J connectivity index is 1.58. The molecule has 188 valence electrons. The Bertz CT molecular complexity index is 1390. The van der Waals surface area contributed by atoms with E-state index in [-0.39, 0.29) is 10.4 Å². The van der Waals surface area contributed by atoms with Gasteiger partial charge < -0.3 is 9.26 Å². The topological polar surface area (TPSA) is 47.6 Å². The Morgan fingerprint density at radius 2 is 1.58 bits per heavy atom. The van der Waals surface area contributed by atoms with Crippen LogP contribution in [0.4, 0.5) is 26.3 Å². The van der Waals surface area contributed by atoms with Gasteiger partial charge in [0.25, 0.3) is 0 Å². The van der Waals surface area contributed by atoms with E-state index in [9.17, 15) is 26.7 Å². The molecule has 3 aromatic carbocycles. The third kappa shape index (κ3) is 5.18. The predicted molar refractivity (Wildman–Crippen MR) is 125 cm³/mol. The lowest BCUT2D eigenvalue weighted by Gasteiger charge is -2.22. The lowest BCUT2D eigenvalue weighted by molar-refractivity contribution is 0.0721. The van der Waals surface area contributed by atoms with Crippen LogP contribution in [0, 0.1) is 29.1 Å². The predicted octanol–water partition coefficient (Wildman–Crippen LogP) is 7.78. The fraction of sp³-hybridized carbons (Fsp3) is 0.125. The highest BCUT2D eigenvalue weighted by Gasteiger charge is 2.30. The Hall–Kier alpha value is -3.14. The summed E-state index contributed by atoms with van der Waals surface area (Å²) in [7, 11) is -1.78. The molecule has 4 nitrogen and oxygen atoms in total. The van der Waals surface area contributed by atoms with Crippen molar-refractivity contribution in [2.45, 2.75) is 12.8 Å². The quantitative estimate of drug-likeness (QED) is 0.0616. The van der Waals surface area contributed by atoms with Crippen LogP contribution >= 0.6 is 19.6 Å². The van der Waals surface area contributed by atoms with Gasteiger partial charge in [0, 0.05) is 4.70 Å². The van der Waals surface area contributed by atoms with Crippen molar-refractivity contribution in [2.75, 3.05) is 6.54 Å². The molecule has 2 unspecified atom stereocenters. The van der Waals surface area contributed by atoms with Crippen molar-refractivity contribution in [3.8, 4) is 11.5 Å². The van der Waals surface area contributed by atoms with Crippen LogP contribution in [0.1, 0.15) is 28.1 Å². The number of thiophene rings is 1. The molecule has 4 aromatic rings. The molecule has 0 amide bonds. The van der Waals surface area contributed by atoms with E-state index < -0.39 is 55.0 Å². The van der Waals surface area contributed by atoms with Gasteiger partial charge in [0.1, 0.15) is 10.6 Å². The van der Waals surface area contributed by atoms with Crippen LogP contribution in [-0.4, -0.2) is 12.5 Å². The number of rotatable bonds is 8.